The number of nitrogens with zero attached hydrogens (tertiary/aromatic N) is 3. The molecule has 0 spiro atoms. The van der Waals surface area contributed by atoms with Crippen LogP contribution < -0.4 is 10.6 Å². The van der Waals surface area contributed by atoms with Gasteiger partial charge in [-0.2, -0.15) is 4.41 Å². The molecule has 3 aromatic carbocycles. The molecule has 9 nitrogen and oxygen atoms in total. The first-order chi connectivity index (χ1) is 17.7. The highest BCUT2D eigenvalue weighted by Crippen LogP contribution is 2.22. The Hall–Kier alpha value is -3.75. The lowest BCUT2D eigenvalue weighted by atomic mass is 10.0. The first kappa shape index (κ1) is 26.3. The van der Waals surface area contributed by atoms with E-state index in [1.54, 1.807) is 18.0 Å². The van der Waals surface area contributed by atoms with Crippen LogP contribution in [0.15, 0.2) is 60.7 Å². The zero-order chi connectivity index (χ0) is 26.5. The lowest BCUT2D eigenvalue weighted by Gasteiger charge is -2.44. The summed E-state index contributed by atoms with van der Waals surface area (Å²) in [7, 11) is 0. The van der Waals surface area contributed by atoms with Crippen LogP contribution in [0.4, 0.5) is 5.69 Å². The number of fused-ring (bicyclic) bond motifs is 1. The van der Waals surface area contributed by atoms with Crippen molar-refractivity contribution in [3.05, 3.63) is 77.4 Å². The van der Waals surface area contributed by atoms with Crippen LogP contribution in [0.1, 0.15) is 34.8 Å². The molecule has 0 aromatic heterocycles. The van der Waals surface area contributed by atoms with Crippen molar-refractivity contribution in [2.24, 2.45) is 5.73 Å². The van der Waals surface area contributed by atoms with Crippen LogP contribution in [-0.4, -0.2) is 67.4 Å². The highest BCUT2D eigenvalue weighted by atomic mass is 32.2. The summed E-state index contributed by atoms with van der Waals surface area (Å²) in [6.45, 7) is 3.66. The molecule has 1 amide bonds. The fourth-order valence-corrected chi connectivity index (χ4v) is 5.21. The highest BCUT2D eigenvalue weighted by Gasteiger charge is 2.28. The number of nitrogens with two attached hydrogens (primary N) is 1. The number of rotatable bonds is 7. The molecular weight excluding hydrogens is 492 g/mol. The van der Waals surface area contributed by atoms with E-state index in [9.17, 15) is 18.4 Å². The highest BCUT2D eigenvalue weighted by molar-refractivity contribution is 7.76. The minimum Gasteiger partial charge on any atom is -0.759 e. The molecule has 3 N–H and O–H groups in total. The van der Waals surface area contributed by atoms with Gasteiger partial charge in [0.25, 0.3) is 0 Å². The summed E-state index contributed by atoms with van der Waals surface area (Å²) >= 11 is -2.55. The van der Waals surface area contributed by atoms with Gasteiger partial charge in [-0.25, -0.2) is 5.01 Å². The van der Waals surface area contributed by atoms with Gasteiger partial charge in [0.2, 0.25) is 5.91 Å². The minimum atomic E-state index is -2.55. The molecule has 192 valence electrons. The standard InChI is InChI=1S/C27H28N4O5S/c1-19(16-26(32)33)31(37(35)36)30-14-12-29(13-15-30)23-10-8-20(9-11-23)6-7-21-17-22-4-2-3-5-24(22)25(18-21)27(28)34/h2-5,8-11,17-19H,12-16H2,1H3,(H2,28,34)(H,32,33)(H,35,36)/p-1. The molecule has 1 heterocycles. The molecule has 2 atom stereocenters. The fourth-order valence-electron chi connectivity index (χ4n) is 4.49. The van der Waals surface area contributed by atoms with Gasteiger partial charge < -0.3 is 20.3 Å². The Bertz CT molecular complexity index is 1390. The molecule has 3 aromatic rings. The SMILES string of the molecule is CC(CC(=O)O)N(N1CCN(c2ccc(C#Cc3cc(C(N)=O)c4ccccc4c3)cc2)CC1)S(=O)[O-]. The number of benzene rings is 3. The molecule has 2 unspecified atom stereocenters. The molecule has 10 heteroatoms. The van der Waals surface area contributed by atoms with Gasteiger partial charge in [0, 0.05) is 65.9 Å². The van der Waals surface area contributed by atoms with Crippen LogP contribution in [0.25, 0.3) is 10.8 Å². The number of piperazine rings is 1. The summed E-state index contributed by atoms with van der Waals surface area (Å²) in [6, 6.07) is 18.3. The number of aliphatic carboxylic acids is 1. The summed E-state index contributed by atoms with van der Waals surface area (Å²) in [4.78, 5) is 25.1. The monoisotopic (exact) mass is 519 g/mol. The number of primary amides is 1. The predicted molar refractivity (Wildman–Crippen MR) is 141 cm³/mol. The van der Waals surface area contributed by atoms with E-state index >= 15 is 0 Å². The maximum absolute atomic E-state index is 11.9. The molecule has 1 aliphatic rings. The number of carbonyl (C=O) groups excluding carboxylic acids is 1. The molecule has 4 rings (SSSR count). The average Bonchev–Trinajstić information content (AvgIpc) is 2.87. The molecule has 1 fully saturated rings. The normalized spacial score (nSPS) is 15.7. The van der Waals surface area contributed by atoms with Crippen LogP contribution in [0.5, 0.6) is 0 Å². The first-order valence-corrected chi connectivity index (χ1v) is 12.8. The van der Waals surface area contributed by atoms with Gasteiger partial charge in [-0.05, 0) is 54.1 Å². The van der Waals surface area contributed by atoms with Crippen molar-refractivity contribution in [2.45, 2.75) is 19.4 Å². The number of hydrazine groups is 1. The number of hydrogen-bond donors (Lipinski definition) is 2. The molecule has 0 aliphatic carbocycles. The number of carboxylic acid groups (broad SMARTS) is 1. The predicted octanol–water partition coefficient (Wildman–Crippen LogP) is 2.33. The summed E-state index contributed by atoms with van der Waals surface area (Å²) in [5.74, 6) is 4.71. The molecule has 1 aliphatic heterocycles. The molecular formula is C27H27N4O5S-. The van der Waals surface area contributed by atoms with Crippen LogP contribution >= 0.6 is 0 Å². The van der Waals surface area contributed by atoms with Crippen molar-refractivity contribution < 1.29 is 23.5 Å². The third-order valence-electron chi connectivity index (χ3n) is 6.25. The van der Waals surface area contributed by atoms with Crippen molar-refractivity contribution in [2.75, 3.05) is 31.1 Å². The van der Waals surface area contributed by atoms with E-state index in [0.717, 1.165) is 26.4 Å². The smallest absolute Gasteiger partial charge is 0.305 e. The Morgan fingerprint density at radius 3 is 2.32 bits per heavy atom. The molecule has 1 saturated heterocycles. The van der Waals surface area contributed by atoms with Crippen molar-refractivity contribution >= 4 is 39.6 Å². The van der Waals surface area contributed by atoms with Crippen molar-refractivity contribution in [3.8, 4) is 11.8 Å². The number of carbonyl (C=O) groups is 2. The van der Waals surface area contributed by atoms with Gasteiger partial charge >= 0.3 is 5.97 Å². The topological polar surface area (TPSA) is 130 Å². The quantitative estimate of drug-likeness (QED) is 0.362. The van der Waals surface area contributed by atoms with Crippen molar-refractivity contribution in [1.82, 2.24) is 9.42 Å². The van der Waals surface area contributed by atoms with Gasteiger partial charge in [-0.15, -0.1) is 0 Å². The number of amides is 1. The second kappa shape index (κ2) is 11.5. The summed E-state index contributed by atoms with van der Waals surface area (Å²) in [6.07, 6.45) is -0.264. The fraction of sp³-hybridized carbons (Fsp3) is 0.259. The van der Waals surface area contributed by atoms with Crippen LogP contribution in [0.2, 0.25) is 0 Å². The third kappa shape index (κ3) is 6.34. The Balaban J connectivity index is 1.43. The Kier molecular flexibility index (Phi) is 8.21. The van der Waals surface area contributed by atoms with Gasteiger partial charge in [-0.3, -0.25) is 13.8 Å². The van der Waals surface area contributed by atoms with Crippen molar-refractivity contribution in [3.63, 3.8) is 0 Å². The van der Waals surface area contributed by atoms with Gasteiger partial charge in [0.05, 0.1) is 6.42 Å². The van der Waals surface area contributed by atoms with Crippen LogP contribution in [0.3, 0.4) is 0 Å². The zero-order valence-corrected chi connectivity index (χ0v) is 21.1. The van der Waals surface area contributed by atoms with E-state index in [4.69, 9.17) is 10.8 Å². The van der Waals surface area contributed by atoms with E-state index in [0.29, 0.717) is 37.3 Å². The van der Waals surface area contributed by atoms with Crippen LogP contribution in [0, 0.1) is 11.8 Å². The lowest BCUT2D eigenvalue weighted by Crippen LogP contribution is -2.57. The zero-order valence-electron chi connectivity index (χ0n) is 20.3. The average molecular weight is 520 g/mol. The van der Waals surface area contributed by atoms with Gasteiger partial charge in [0.1, 0.15) is 0 Å². The Morgan fingerprint density at radius 1 is 1.05 bits per heavy atom. The van der Waals surface area contributed by atoms with E-state index < -0.39 is 29.2 Å². The van der Waals surface area contributed by atoms with E-state index in [1.165, 1.54) is 0 Å². The Labute approximate surface area is 217 Å². The summed E-state index contributed by atoms with van der Waals surface area (Å²) < 4.78 is 24.6. The van der Waals surface area contributed by atoms with Gasteiger partial charge in [-0.1, -0.05) is 36.1 Å². The minimum absolute atomic E-state index is 0.264. The largest absolute Gasteiger partial charge is 0.759 e. The maximum atomic E-state index is 11.9. The van der Waals surface area contributed by atoms with Crippen molar-refractivity contribution in [1.29, 1.82) is 0 Å². The third-order valence-corrected chi connectivity index (χ3v) is 7.14. The molecule has 0 radical (unpaired) electrons. The number of carboxylic acids is 1. The lowest BCUT2D eigenvalue weighted by molar-refractivity contribution is -0.139. The second-order valence-corrected chi connectivity index (χ2v) is 9.62. The van der Waals surface area contributed by atoms with E-state index in [1.807, 2.05) is 54.6 Å². The van der Waals surface area contributed by atoms with E-state index in [2.05, 4.69) is 16.7 Å². The maximum Gasteiger partial charge on any atom is 0.305 e. The van der Waals surface area contributed by atoms with Gasteiger partial charge in [0.15, 0.2) is 0 Å². The first-order valence-electron chi connectivity index (χ1n) is 11.8. The van der Waals surface area contributed by atoms with E-state index in [-0.39, 0.29) is 6.42 Å². The second-order valence-electron chi connectivity index (χ2n) is 8.81. The molecule has 0 saturated carbocycles. The molecule has 37 heavy (non-hydrogen) atoms. The Morgan fingerprint density at radius 2 is 1.70 bits per heavy atom. The number of hydrogen-bond acceptors (Lipinski definition) is 6. The van der Waals surface area contributed by atoms with Crippen LogP contribution in [-0.2, 0) is 16.1 Å². The molecule has 0 bridgehead atoms. The summed E-state index contributed by atoms with van der Waals surface area (Å²) in [5.41, 5.74) is 8.50. The number of anilines is 1. The summed E-state index contributed by atoms with van der Waals surface area (Å²) in [5, 5.41) is 12.4.